The Morgan fingerprint density at radius 1 is 1.00 bits per heavy atom. The number of methoxy groups -OCH3 is 1. The molecule has 0 aliphatic rings. The molecule has 47 heavy (non-hydrogen) atoms. The standard InChI is InChI=1S/C34H42N4O9/c1-4-6-8-13-27(28(5-2)38(22-39)46-19-23-11-9-7-10-12-23)32(41)36-21-37-33(42)30-15-14-29(47-30)24-16-25(34(43)44-3)18-26(17-24)45-20-31(35)40/h7,9-12,14-18,22,27-28H,4-6,8,13,19-21H2,1-3H3,(H2,35,40)(H,36,41)(H,37,42)/t27-,28-/m1/s1. The molecular weight excluding hydrogens is 608 g/mol. The Hall–Kier alpha value is -5.17. The molecule has 252 valence electrons. The average Bonchev–Trinajstić information content (AvgIpc) is 3.59. The number of nitrogens with zero attached hydrogens (tertiary/aromatic N) is 1. The first-order valence-corrected chi connectivity index (χ1v) is 15.4. The van der Waals surface area contributed by atoms with Gasteiger partial charge >= 0.3 is 5.97 Å². The summed E-state index contributed by atoms with van der Waals surface area (Å²) < 4.78 is 15.9. The summed E-state index contributed by atoms with van der Waals surface area (Å²) in [6, 6.07) is 16.3. The van der Waals surface area contributed by atoms with Crippen LogP contribution in [0.5, 0.6) is 5.75 Å². The second kappa shape index (κ2) is 18.7. The van der Waals surface area contributed by atoms with E-state index in [4.69, 9.17) is 24.5 Å². The fourth-order valence-corrected chi connectivity index (χ4v) is 4.94. The molecule has 0 radical (unpaired) electrons. The Morgan fingerprint density at radius 3 is 2.43 bits per heavy atom. The van der Waals surface area contributed by atoms with Gasteiger partial charge in [0.2, 0.25) is 12.3 Å². The molecule has 0 unspecified atom stereocenters. The van der Waals surface area contributed by atoms with Gasteiger partial charge in [0.15, 0.2) is 12.4 Å². The number of ether oxygens (including phenoxy) is 2. The maximum Gasteiger partial charge on any atom is 0.338 e. The Morgan fingerprint density at radius 2 is 1.77 bits per heavy atom. The summed E-state index contributed by atoms with van der Waals surface area (Å²) in [5.41, 5.74) is 6.56. The van der Waals surface area contributed by atoms with Crippen LogP contribution in [0.2, 0.25) is 0 Å². The van der Waals surface area contributed by atoms with Gasteiger partial charge in [0.05, 0.1) is 31.3 Å². The number of esters is 1. The van der Waals surface area contributed by atoms with Crippen LogP contribution >= 0.6 is 0 Å². The van der Waals surface area contributed by atoms with Crippen LogP contribution in [0.3, 0.4) is 0 Å². The molecule has 13 heteroatoms. The molecule has 0 saturated carbocycles. The van der Waals surface area contributed by atoms with Crippen LogP contribution in [0, 0.1) is 5.92 Å². The second-order valence-corrected chi connectivity index (χ2v) is 10.7. The quantitative estimate of drug-likeness (QED) is 0.0536. The van der Waals surface area contributed by atoms with Crippen LogP contribution in [0.4, 0.5) is 0 Å². The van der Waals surface area contributed by atoms with Crippen molar-refractivity contribution in [2.75, 3.05) is 20.4 Å². The molecule has 0 fully saturated rings. The van der Waals surface area contributed by atoms with Crippen LogP contribution in [0.1, 0.15) is 72.4 Å². The summed E-state index contributed by atoms with van der Waals surface area (Å²) in [4.78, 5) is 67.5. The number of carbonyl (C=O) groups excluding carboxylic acids is 5. The number of nitrogens with two attached hydrogens (primary N) is 1. The van der Waals surface area contributed by atoms with E-state index in [2.05, 4.69) is 17.6 Å². The highest BCUT2D eigenvalue weighted by Gasteiger charge is 2.32. The number of hydrogen-bond donors (Lipinski definition) is 3. The van der Waals surface area contributed by atoms with Crippen molar-refractivity contribution < 1.29 is 42.7 Å². The van der Waals surface area contributed by atoms with Crippen molar-refractivity contribution in [1.82, 2.24) is 15.7 Å². The van der Waals surface area contributed by atoms with E-state index in [1.165, 1.54) is 42.5 Å². The number of nitrogens with one attached hydrogen (secondary N) is 2. The second-order valence-electron chi connectivity index (χ2n) is 10.7. The van der Waals surface area contributed by atoms with E-state index in [1.807, 2.05) is 37.3 Å². The number of rotatable bonds is 20. The van der Waals surface area contributed by atoms with Crippen LogP contribution in [0.25, 0.3) is 11.3 Å². The van der Waals surface area contributed by atoms with Crippen LogP contribution in [0.15, 0.2) is 65.1 Å². The number of benzene rings is 2. The van der Waals surface area contributed by atoms with Crippen LogP contribution in [-0.4, -0.2) is 61.6 Å². The van der Waals surface area contributed by atoms with Crippen molar-refractivity contribution >= 4 is 30.1 Å². The van der Waals surface area contributed by atoms with Gasteiger partial charge in [0, 0.05) is 5.56 Å². The maximum atomic E-state index is 13.4. The van der Waals surface area contributed by atoms with Crippen molar-refractivity contribution in [2.24, 2.45) is 11.7 Å². The summed E-state index contributed by atoms with van der Waals surface area (Å²) in [6.45, 7) is 3.53. The van der Waals surface area contributed by atoms with E-state index < -0.39 is 36.4 Å². The first-order chi connectivity index (χ1) is 22.7. The normalized spacial score (nSPS) is 12.0. The molecule has 0 spiro atoms. The summed E-state index contributed by atoms with van der Waals surface area (Å²) in [6.07, 6.45) is 4.27. The number of hydrogen-bond acceptors (Lipinski definition) is 9. The SMILES string of the molecule is CCCCC[C@@H](C(=O)NCNC(=O)c1ccc(-c2cc(OCC(N)=O)cc(C(=O)OC)c2)o1)[C@@H](CC)N(C=O)OCc1ccccc1. The van der Waals surface area contributed by atoms with Gasteiger partial charge in [-0.2, -0.15) is 0 Å². The lowest BCUT2D eigenvalue weighted by Crippen LogP contribution is -2.48. The molecule has 0 aliphatic heterocycles. The molecule has 1 heterocycles. The minimum Gasteiger partial charge on any atom is -0.484 e. The topological polar surface area (TPSA) is 179 Å². The van der Waals surface area contributed by atoms with Crippen LogP contribution in [-0.2, 0) is 30.6 Å². The molecule has 4 N–H and O–H groups in total. The molecule has 4 amide bonds. The van der Waals surface area contributed by atoms with E-state index in [-0.39, 0.29) is 42.0 Å². The molecular formula is C34H42N4O9. The van der Waals surface area contributed by atoms with Gasteiger partial charge in [-0.15, -0.1) is 0 Å². The third-order valence-corrected chi connectivity index (χ3v) is 7.33. The molecule has 0 saturated heterocycles. The molecule has 2 aromatic carbocycles. The summed E-state index contributed by atoms with van der Waals surface area (Å²) in [5.74, 6) is -2.49. The van der Waals surface area contributed by atoms with E-state index in [9.17, 15) is 24.0 Å². The zero-order valence-electron chi connectivity index (χ0n) is 26.9. The maximum absolute atomic E-state index is 13.4. The average molecular weight is 651 g/mol. The van der Waals surface area contributed by atoms with E-state index in [1.54, 1.807) is 0 Å². The van der Waals surface area contributed by atoms with Crippen molar-refractivity contribution in [3.05, 3.63) is 77.6 Å². The van der Waals surface area contributed by atoms with Crippen molar-refractivity contribution in [1.29, 1.82) is 0 Å². The monoisotopic (exact) mass is 650 g/mol. The minimum atomic E-state index is -0.700. The lowest BCUT2D eigenvalue weighted by Gasteiger charge is -2.32. The minimum absolute atomic E-state index is 0.0512. The number of primary amides is 1. The highest BCUT2D eigenvalue weighted by Crippen LogP contribution is 2.28. The molecule has 3 rings (SSSR count). The van der Waals surface area contributed by atoms with E-state index in [0.29, 0.717) is 24.8 Å². The largest absolute Gasteiger partial charge is 0.484 e. The first-order valence-electron chi connectivity index (χ1n) is 15.4. The molecule has 3 aromatic rings. The van der Waals surface area contributed by atoms with Crippen molar-refractivity contribution in [2.45, 2.75) is 58.6 Å². The van der Waals surface area contributed by atoms with Gasteiger partial charge in [0.25, 0.3) is 11.8 Å². The van der Waals surface area contributed by atoms with Gasteiger partial charge in [0.1, 0.15) is 18.1 Å². The van der Waals surface area contributed by atoms with Crippen LogP contribution < -0.4 is 21.1 Å². The number of amides is 4. The zero-order chi connectivity index (χ0) is 34.2. The predicted molar refractivity (Wildman–Crippen MR) is 171 cm³/mol. The Bertz CT molecular complexity index is 1490. The summed E-state index contributed by atoms with van der Waals surface area (Å²) in [7, 11) is 1.22. The number of furan rings is 1. The fraction of sp³-hybridized carbons (Fsp3) is 0.382. The third kappa shape index (κ3) is 11.0. The highest BCUT2D eigenvalue weighted by molar-refractivity contribution is 5.93. The molecule has 1 aromatic heterocycles. The van der Waals surface area contributed by atoms with E-state index >= 15 is 0 Å². The lowest BCUT2D eigenvalue weighted by molar-refractivity contribution is -0.200. The number of hydroxylamine groups is 2. The summed E-state index contributed by atoms with van der Waals surface area (Å²) >= 11 is 0. The lowest BCUT2D eigenvalue weighted by atomic mass is 9.90. The van der Waals surface area contributed by atoms with Crippen molar-refractivity contribution in [3.8, 4) is 17.1 Å². The predicted octanol–water partition coefficient (Wildman–Crippen LogP) is 3.97. The van der Waals surface area contributed by atoms with Gasteiger partial charge < -0.3 is 30.3 Å². The Balaban J connectivity index is 1.67. The van der Waals surface area contributed by atoms with Gasteiger partial charge in [-0.25, -0.2) is 9.86 Å². The molecule has 0 bridgehead atoms. The number of carbonyl (C=O) groups is 5. The molecule has 13 nitrogen and oxygen atoms in total. The third-order valence-electron chi connectivity index (χ3n) is 7.33. The van der Waals surface area contributed by atoms with Gasteiger partial charge in [-0.05, 0) is 48.7 Å². The number of unbranched alkanes of at least 4 members (excludes halogenated alkanes) is 2. The first kappa shape index (κ1) is 36.3. The summed E-state index contributed by atoms with van der Waals surface area (Å²) in [5, 5.41) is 6.59. The van der Waals surface area contributed by atoms with Crippen molar-refractivity contribution in [3.63, 3.8) is 0 Å². The Kier molecular flexibility index (Phi) is 14.5. The Labute approximate surface area is 273 Å². The zero-order valence-corrected chi connectivity index (χ0v) is 26.9. The fourth-order valence-electron chi connectivity index (χ4n) is 4.94. The molecule has 2 atom stereocenters. The smallest absolute Gasteiger partial charge is 0.338 e. The highest BCUT2D eigenvalue weighted by atomic mass is 16.7. The van der Waals surface area contributed by atoms with Gasteiger partial charge in [-0.1, -0.05) is 63.4 Å². The molecule has 0 aliphatic carbocycles. The van der Waals surface area contributed by atoms with Gasteiger partial charge in [-0.3, -0.25) is 24.0 Å². The van der Waals surface area contributed by atoms with E-state index in [0.717, 1.165) is 24.8 Å².